The van der Waals surface area contributed by atoms with Crippen molar-refractivity contribution in [2.45, 2.75) is 13.0 Å². The molecular weight excluding hydrogens is 386 g/mol. The monoisotopic (exact) mass is 409 g/mol. The number of hydrogen-bond acceptors (Lipinski definition) is 6. The molecule has 0 spiro atoms. The Bertz CT molecular complexity index is 898. The van der Waals surface area contributed by atoms with Crippen LogP contribution in [0, 0.1) is 6.92 Å². The first-order valence-electron chi connectivity index (χ1n) is 8.32. The van der Waals surface area contributed by atoms with Gasteiger partial charge in [-0.3, -0.25) is 14.3 Å². The van der Waals surface area contributed by atoms with Crippen molar-refractivity contribution >= 4 is 21.8 Å². The number of benzene rings is 2. The molecule has 3 N–H and O–H groups in total. The zero-order valence-corrected chi connectivity index (χ0v) is 16.5. The normalized spacial score (nSPS) is 12.5. The smallest absolute Gasteiger partial charge is 0.303 e. The number of amides is 1. The molecule has 2 rings (SSSR count). The summed E-state index contributed by atoms with van der Waals surface area (Å²) in [7, 11) is -1.34. The fraction of sp³-hybridized carbons (Fsp3) is 0.278. The lowest BCUT2D eigenvalue weighted by molar-refractivity contribution is -0.137. The standard InChI is InChI=1S/C18H23N3O6S/c1-13-4-8-15(9-5-13)27-16-10-6-14(7-11-16)21(28(25,26)20(2)3)12-17(22)18(23)19-24/h4-11,17,22,24H,12H2,1-3H3,(H,19,23)/t17-/m0/s1. The summed E-state index contributed by atoms with van der Waals surface area (Å²) >= 11 is 0. The third-order valence-corrected chi connectivity index (χ3v) is 5.71. The van der Waals surface area contributed by atoms with Gasteiger partial charge in [0.05, 0.1) is 12.2 Å². The van der Waals surface area contributed by atoms with Gasteiger partial charge in [0, 0.05) is 14.1 Å². The van der Waals surface area contributed by atoms with Crippen molar-refractivity contribution < 1.29 is 28.3 Å². The van der Waals surface area contributed by atoms with Crippen LogP contribution in [-0.2, 0) is 15.0 Å². The van der Waals surface area contributed by atoms with Gasteiger partial charge in [-0.1, -0.05) is 17.7 Å². The molecule has 0 aliphatic heterocycles. The van der Waals surface area contributed by atoms with Crippen LogP contribution in [0.25, 0.3) is 0 Å². The molecule has 0 radical (unpaired) electrons. The average molecular weight is 409 g/mol. The third-order valence-electron chi connectivity index (χ3n) is 3.87. The average Bonchev–Trinajstić information content (AvgIpc) is 2.67. The van der Waals surface area contributed by atoms with E-state index in [1.54, 1.807) is 12.1 Å². The summed E-state index contributed by atoms with van der Waals surface area (Å²) in [6, 6.07) is 13.6. The summed E-state index contributed by atoms with van der Waals surface area (Å²) < 4.78 is 32.7. The lowest BCUT2D eigenvalue weighted by Gasteiger charge is -2.28. The second-order valence-corrected chi connectivity index (χ2v) is 8.29. The van der Waals surface area contributed by atoms with Crippen molar-refractivity contribution in [3.63, 3.8) is 0 Å². The summed E-state index contributed by atoms with van der Waals surface area (Å²) in [6.07, 6.45) is -1.76. The zero-order chi connectivity index (χ0) is 20.9. The summed E-state index contributed by atoms with van der Waals surface area (Å²) in [5, 5.41) is 18.5. The molecule has 9 nitrogen and oxygen atoms in total. The Morgan fingerprint density at radius 1 is 1.07 bits per heavy atom. The number of ether oxygens (including phenoxy) is 1. The van der Waals surface area contributed by atoms with Crippen LogP contribution in [0.5, 0.6) is 11.5 Å². The number of hydroxylamine groups is 1. The topological polar surface area (TPSA) is 119 Å². The van der Waals surface area contributed by atoms with Crippen LogP contribution in [0.2, 0.25) is 0 Å². The van der Waals surface area contributed by atoms with Crippen LogP contribution in [0.4, 0.5) is 5.69 Å². The van der Waals surface area contributed by atoms with Gasteiger partial charge >= 0.3 is 10.2 Å². The number of rotatable bonds is 8. The first-order chi connectivity index (χ1) is 13.1. The highest BCUT2D eigenvalue weighted by Gasteiger charge is 2.29. The number of aryl methyl sites for hydroxylation is 1. The summed E-state index contributed by atoms with van der Waals surface area (Å²) in [4.78, 5) is 11.4. The zero-order valence-electron chi connectivity index (χ0n) is 15.7. The minimum absolute atomic E-state index is 0.217. The number of anilines is 1. The third kappa shape index (κ3) is 5.20. The van der Waals surface area contributed by atoms with Crippen molar-refractivity contribution in [3.05, 3.63) is 54.1 Å². The molecule has 0 saturated heterocycles. The molecule has 0 aliphatic rings. The molecule has 0 unspecified atom stereocenters. The van der Waals surface area contributed by atoms with E-state index in [2.05, 4.69) is 0 Å². The maximum absolute atomic E-state index is 12.6. The van der Waals surface area contributed by atoms with E-state index in [0.717, 1.165) is 14.2 Å². The highest BCUT2D eigenvalue weighted by Crippen LogP contribution is 2.26. The molecule has 0 aromatic heterocycles. The lowest BCUT2D eigenvalue weighted by Crippen LogP contribution is -2.47. The molecule has 0 bridgehead atoms. The van der Waals surface area contributed by atoms with Crippen LogP contribution in [0.1, 0.15) is 5.56 Å². The summed E-state index contributed by atoms with van der Waals surface area (Å²) in [6.45, 7) is 1.38. The lowest BCUT2D eigenvalue weighted by atomic mass is 10.2. The Labute approximate surface area is 163 Å². The van der Waals surface area contributed by atoms with E-state index in [4.69, 9.17) is 9.94 Å². The molecule has 0 heterocycles. The SMILES string of the molecule is Cc1ccc(Oc2ccc(N(C[C@H](O)C(=O)NO)S(=O)(=O)N(C)C)cc2)cc1. The van der Waals surface area contributed by atoms with E-state index < -0.39 is 28.8 Å². The predicted molar refractivity (Wildman–Crippen MR) is 104 cm³/mol. The highest BCUT2D eigenvalue weighted by atomic mass is 32.2. The van der Waals surface area contributed by atoms with Gasteiger partial charge < -0.3 is 9.84 Å². The molecular formula is C18H23N3O6S. The van der Waals surface area contributed by atoms with Gasteiger partial charge in [0.1, 0.15) is 11.5 Å². The van der Waals surface area contributed by atoms with Crippen LogP contribution in [-0.4, -0.2) is 55.7 Å². The van der Waals surface area contributed by atoms with Gasteiger partial charge in [-0.25, -0.2) is 5.48 Å². The van der Waals surface area contributed by atoms with E-state index in [1.807, 2.05) is 31.2 Å². The Morgan fingerprint density at radius 3 is 2.04 bits per heavy atom. The maximum atomic E-state index is 12.6. The maximum Gasteiger partial charge on any atom is 0.303 e. The minimum atomic E-state index is -4.00. The quantitative estimate of drug-likeness (QED) is 0.446. The van der Waals surface area contributed by atoms with Crippen molar-refractivity contribution in [3.8, 4) is 11.5 Å². The molecule has 1 atom stereocenters. The molecule has 152 valence electrons. The Morgan fingerprint density at radius 2 is 1.57 bits per heavy atom. The number of nitrogens with zero attached hydrogens (tertiary/aromatic N) is 2. The molecule has 10 heteroatoms. The van der Waals surface area contributed by atoms with Crippen LogP contribution in [0.15, 0.2) is 48.5 Å². The fourth-order valence-corrected chi connectivity index (χ4v) is 3.38. The molecule has 2 aromatic carbocycles. The van der Waals surface area contributed by atoms with Gasteiger partial charge in [0.2, 0.25) is 0 Å². The minimum Gasteiger partial charge on any atom is -0.457 e. The van der Waals surface area contributed by atoms with E-state index in [1.165, 1.54) is 31.7 Å². The molecule has 1 amide bonds. The fourth-order valence-electron chi connectivity index (χ4n) is 2.27. The first-order valence-corrected chi connectivity index (χ1v) is 9.71. The van der Waals surface area contributed by atoms with E-state index in [9.17, 15) is 18.3 Å². The Hall–Kier alpha value is -2.66. The molecule has 0 fully saturated rings. The van der Waals surface area contributed by atoms with Gasteiger partial charge in [-0.2, -0.15) is 12.7 Å². The summed E-state index contributed by atoms with van der Waals surface area (Å²) in [5.74, 6) is 0.00731. The predicted octanol–water partition coefficient (Wildman–Crippen LogP) is 1.27. The first kappa shape index (κ1) is 21.6. The Kier molecular flexibility index (Phi) is 6.97. The molecule has 28 heavy (non-hydrogen) atoms. The van der Waals surface area contributed by atoms with E-state index >= 15 is 0 Å². The number of aliphatic hydroxyl groups excluding tert-OH is 1. The largest absolute Gasteiger partial charge is 0.457 e. The molecule has 2 aromatic rings. The number of carbonyl (C=O) groups excluding carboxylic acids is 1. The van der Waals surface area contributed by atoms with E-state index in [0.29, 0.717) is 11.5 Å². The number of nitrogens with one attached hydrogen (secondary N) is 1. The van der Waals surface area contributed by atoms with Crippen molar-refractivity contribution in [2.24, 2.45) is 0 Å². The van der Waals surface area contributed by atoms with Crippen LogP contribution in [0.3, 0.4) is 0 Å². The van der Waals surface area contributed by atoms with Crippen LogP contribution >= 0.6 is 0 Å². The Balaban J connectivity index is 2.27. The second-order valence-electron chi connectivity index (χ2n) is 6.22. The number of aliphatic hydroxyl groups is 1. The van der Waals surface area contributed by atoms with Gasteiger partial charge in [-0.05, 0) is 43.3 Å². The molecule has 0 saturated carbocycles. The highest BCUT2D eigenvalue weighted by molar-refractivity contribution is 7.90. The second kappa shape index (κ2) is 9.02. The van der Waals surface area contributed by atoms with Gasteiger partial charge in [0.15, 0.2) is 6.10 Å². The number of hydrogen-bond donors (Lipinski definition) is 3. The van der Waals surface area contributed by atoms with Gasteiger partial charge in [0.25, 0.3) is 5.91 Å². The summed E-state index contributed by atoms with van der Waals surface area (Å²) in [5.41, 5.74) is 2.61. The van der Waals surface area contributed by atoms with Crippen LogP contribution < -0.4 is 14.5 Å². The van der Waals surface area contributed by atoms with Crippen molar-refractivity contribution in [1.29, 1.82) is 0 Å². The van der Waals surface area contributed by atoms with Crippen molar-refractivity contribution in [2.75, 3.05) is 24.9 Å². The van der Waals surface area contributed by atoms with E-state index in [-0.39, 0.29) is 5.69 Å². The van der Waals surface area contributed by atoms with Crippen molar-refractivity contribution in [1.82, 2.24) is 9.79 Å². The van der Waals surface area contributed by atoms with Gasteiger partial charge in [-0.15, -0.1) is 0 Å². The number of carbonyl (C=O) groups is 1. The molecule has 0 aliphatic carbocycles.